The lowest BCUT2D eigenvalue weighted by Crippen LogP contribution is -2.30. The van der Waals surface area contributed by atoms with Crippen LogP contribution in [0.4, 0.5) is 0 Å². The van der Waals surface area contributed by atoms with Crippen molar-refractivity contribution >= 4 is 0 Å². The fraction of sp³-hybridized carbons (Fsp3) is 0.846. The molecule has 2 nitrogen and oxygen atoms in total. The molecule has 0 saturated heterocycles. The van der Waals surface area contributed by atoms with Crippen LogP contribution in [0, 0.1) is 5.41 Å². The largest absolute Gasteiger partial charge is 0.396 e. The van der Waals surface area contributed by atoms with Crippen LogP contribution < -0.4 is 5.32 Å². The van der Waals surface area contributed by atoms with Gasteiger partial charge >= 0.3 is 0 Å². The normalized spacial score (nSPS) is 11.7. The molecule has 0 saturated carbocycles. The maximum Gasteiger partial charge on any atom is 0.0436 e. The van der Waals surface area contributed by atoms with Gasteiger partial charge in [0.05, 0.1) is 0 Å². The van der Waals surface area contributed by atoms with Gasteiger partial charge < -0.3 is 10.4 Å². The Morgan fingerprint density at radius 2 is 2.00 bits per heavy atom. The van der Waals surface area contributed by atoms with Crippen molar-refractivity contribution in [1.29, 1.82) is 0 Å². The Hall–Kier alpha value is -0.340. The van der Waals surface area contributed by atoms with Crippen LogP contribution in [0.15, 0.2) is 12.7 Å². The number of hydrogen-bond acceptors (Lipinski definition) is 2. The van der Waals surface area contributed by atoms with Crippen LogP contribution >= 0.6 is 0 Å². The van der Waals surface area contributed by atoms with Gasteiger partial charge in [0.25, 0.3) is 0 Å². The van der Waals surface area contributed by atoms with Gasteiger partial charge in [0, 0.05) is 13.2 Å². The summed E-state index contributed by atoms with van der Waals surface area (Å²) in [4.78, 5) is 0. The molecule has 0 fully saturated rings. The maximum absolute atomic E-state index is 8.86. The predicted octanol–water partition coefficient (Wildman–Crippen LogP) is 2.73. The van der Waals surface area contributed by atoms with Gasteiger partial charge in [-0.25, -0.2) is 0 Å². The van der Waals surface area contributed by atoms with E-state index >= 15 is 0 Å². The quantitative estimate of drug-likeness (QED) is 0.432. The standard InChI is InChI=1S/C13H27NO/c1-4-5-6-7-8-10-14-12-13(2,3)9-11-15/h4,14-15H,1,5-12H2,2-3H3. The zero-order valence-electron chi connectivity index (χ0n) is 10.4. The molecule has 0 radical (unpaired) electrons. The Balaban J connectivity index is 3.26. The molecule has 0 rings (SSSR count). The van der Waals surface area contributed by atoms with Crippen LogP contribution in [0.3, 0.4) is 0 Å². The minimum Gasteiger partial charge on any atom is -0.396 e. The molecule has 0 spiro atoms. The van der Waals surface area contributed by atoms with Crippen molar-refractivity contribution in [3.05, 3.63) is 12.7 Å². The monoisotopic (exact) mass is 213 g/mol. The molecule has 0 bridgehead atoms. The summed E-state index contributed by atoms with van der Waals surface area (Å²) < 4.78 is 0. The lowest BCUT2D eigenvalue weighted by Gasteiger charge is -2.23. The van der Waals surface area contributed by atoms with Gasteiger partial charge in [0.15, 0.2) is 0 Å². The van der Waals surface area contributed by atoms with Gasteiger partial charge in [-0.05, 0) is 37.6 Å². The summed E-state index contributed by atoms with van der Waals surface area (Å²) in [5.41, 5.74) is 0.218. The number of nitrogens with one attached hydrogen (secondary N) is 1. The third-order valence-corrected chi connectivity index (χ3v) is 2.65. The number of allylic oxidation sites excluding steroid dienone is 1. The second-order valence-corrected chi connectivity index (χ2v) is 4.95. The Kier molecular flexibility index (Phi) is 8.73. The highest BCUT2D eigenvalue weighted by Crippen LogP contribution is 2.17. The smallest absolute Gasteiger partial charge is 0.0436 e. The molecular weight excluding hydrogens is 186 g/mol. The molecule has 0 heterocycles. The van der Waals surface area contributed by atoms with E-state index in [1.165, 1.54) is 19.3 Å². The van der Waals surface area contributed by atoms with Gasteiger partial charge in [-0.3, -0.25) is 0 Å². The first-order valence-corrected chi connectivity index (χ1v) is 6.05. The molecule has 0 aliphatic heterocycles. The molecule has 15 heavy (non-hydrogen) atoms. The van der Waals surface area contributed by atoms with E-state index in [4.69, 9.17) is 5.11 Å². The molecule has 0 unspecified atom stereocenters. The second-order valence-electron chi connectivity index (χ2n) is 4.95. The fourth-order valence-electron chi connectivity index (χ4n) is 1.53. The lowest BCUT2D eigenvalue weighted by atomic mass is 9.90. The molecule has 0 aromatic rings. The number of aliphatic hydroxyl groups excluding tert-OH is 1. The first-order chi connectivity index (χ1) is 7.12. The Morgan fingerprint density at radius 3 is 2.60 bits per heavy atom. The van der Waals surface area contributed by atoms with Crippen LogP contribution in [-0.4, -0.2) is 24.8 Å². The van der Waals surface area contributed by atoms with Crippen molar-refractivity contribution in [2.45, 2.75) is 46.0 Å². The van der Waals surface area contributed by atoms with Crippen molar-refractivity contribution < 1.29 is 5.11 Å². The fourth-order valence-corrected chi connectivity index (χ4v) is 1.53. The topological polar surface area (TPSA) is 32.3 Å². The highest BCUT2D eigenvalue weighted by molar-refractivity contribution is 4.71. The summed E-state index contributed by atoms with van der Waals surface area (Å²) in [6.45, 7) is 10.5. The van der Waals surface area contributed by atoms with E-state index in [-0.39, 0.29) is 12.0 Å². The van der Waals surface area contributed by atoms with E-state index in [9.17, 15) is 0 Å². The summed E-state index contributed by atoms with van der Waals surface area (Å²) >= 11 is 0. The molecular formula is C13H27NO. The molecule has 2 N–H and O–H groups in total. The third kappa shape index (κ3) is 9.95. The van der Waals surface area contributed by atoms with Gasteiger partial charge in [0.2, 0.25) is 0 Å². The van der Waals surface area contributed by atoms with Gasteiger partial charge in [-0.15, -0.1) is 6.58 Å². The summed E-state index contributed by atoms with van der Waals surface area (Å²) in [7, 11) is 0. The van der Waals surface area contributed by atoms with Gasteiger partial charge in [-0.2, -0.15) is 0 Å². The van der Waals surface area contributed by atoms with E-state index < -0.39 is 0 Å². The van der Waals surface area contributed by atoms with Crippen molar-refractivity contribution in [3.63, 3.8) is 0 Å². The Labute approximate surface area is 94.8 Å². The van der Waals surface area contributed by atoms with Crippen LogP contribution in [0.5, 0.6) is 0 Å². The highest BCUT2D eigenvalue weighted by atomic mass is 16.3. The van der Waals surface area contributed by atoms with Crippen LogP contribution in [0.1, 0.15) is 46.0 Å². The van der Waals surface area contributed by atoms with E-state index in [2.05, 4.69) is 25.7 Å². The third-order valence-electron chi connectivity index (χ3n) is 2.65. The van der Waals surface area contributed by atoms with Crippen molar-refractivity contribution in [2.75, 3.05) is 19.7 Å². The first kappa shape index (κ1) is 14.7. The van der Waals surface area contributed by atoms with E-state index in [1.807, 2.05) is 6.08 Å². The SMILES string of the molecule is C=CCCCCCNCC(C)(C)CCO. The molecule has 0 atom stereocenters. The summed E-state index contributed by atoms with van der Waals surface area (Å²) in [6, 6.07) is 0. The minimum absolute atomic E-state index is 0.218. The molecule has 0 aromatic carbocycles. The van der Waals surface area contributed by atoms with E-state index in [1.54, 1.807) is 0 Å². The zero-order chi connectivity index (χ0) is 11.6. The first-order valence-electron chi connectivity index (χ1n) is 6.05. The lowest BCUT2D eigenvalue weighted by molar-refractivity contribution is 0.207. The number of rotatable bonds is 10. The summed E-state index contributed by atoms with van der Waals surface area (Å²) in [5, 5.41) is 12.3. The van der Waals surface area contributed by atoms with Crippen molar-refractivity contribution in [3.8, 4) is 0 Å². The average Bonchev–Trinajstić information content (AvgIpc) is 2.16. The van der Waals surface area contributed by atoms with E-state index in [0.29, 0.717) is 0 Å². The molecule has 0 aliphatic rings. The summed E-state index contributed by atoms with van der Waals surface area (Å²) in [5.74, 6) is 0. The molecule has 90 valence electrons. The predicted molar refractivity (Wildman–Crippen MR) is 67.0 cm³/mol. The minimum atomic E-state index is 0.218. The Bertz CT molecular complexity index is 155. The van der Waals surface area contributed by atoms with Gasteiger partial charge in [0.1, 0.15) is 0 Å². The maximum atomic E-state index is 8.86. The van der Waals surface area contributed by atoms with E-state index in [0.717, 1.165) is 25.9 Å². The molecule has 0 aliphatic carbocycles. The van der Waals surface area contributed by atoms with Crippen molar-refractivity contribution in [2.24, 2.45) is 5.41 Å². The van der Waals surface area contributed by atoms with Crippen LogP contribution in [0.2, 0.25) is 0 Å². The van der Waals surface area contributed by atoms with Crippen LogP contribution in [-0.2, 0) is 0 Å². The van der Waals surface area contributed by atoms with Crippen molar-refractivity contribution in [1.82, 2.24) is 5.32 Å². The van der Waals surface area contributed by atoms with Gasteiger partial charge in [-0.1, -0.05) is 26.3 Å². The number of hydrogen-bond donors (Lipinski definition) is 2. The Morgan fingerprint density at radius 1 is 1.27 bits per heavy atom. The van der Waals surface area contributed by atoms with Crippen LogP contribution in [0.25, 0.3) is 0 Å². The second kappa shape index (κ2) is 8.93. The zero-order valence-corrected chi connectivity index (χ0v) is 10.4. The summed E-state index contributed by atoms with van der Waals surface area (Å²) in [6.07, 6.45) is 7.76. The average molecular weight is 213 g/mol. The highest BCUT2D eigenvalue weighted by Gasteiger charge is 2.15. The number of aliphatic hydroxyl groups is 1. The molecule has 2 heteroatoms. The molecule has 0 aromatic heterocycles. The molecule has 0 amide bonds. The number of unbranched alkanes of at least 4 members (excludes halogenated alkanes) is 3.